The summed E-state index contributed by atoms with van der Waals surface area (Å²) in [5, 5.41) is 3.52. The minimum Gasteiger partial charge on any atom is -0.496 e. The van der Waals surface area contributed by atoms with Crippen LogP contribution in [-0.2, 0) is 16.9 Å². The third-order valence-electron chi connectivity index (χ3n) is 5.32. The van der Waals surface area contributed by atoms with E-state index in [-0.39, 0.29) is 18.6 Å². The van der Waals surface area contributed by atoms with E-state index in [1.165, 1.54) is 4.90 Å². The lowest BCUT2D eigenvalue weighted by molar-refractivity contribution is -0.133. The number of methoxy groups -OCH3 is 1. The summed E-state index contributed by atoms with van der Waals surface area (Å²) in [7, 11) is 3.44. The van der Waals surface area contributed by atoms with Gasteiger partial charge in [0.1, 0.15) is 11.3 Å². The van der Waals surface area contributed by atoms with Crippen LogP contribution in [0.15, 0.2) is 42.5 Å². The van der Waals surface area contributed by atoms with E-state index in [0.29, 0.717) is 23.7 Å². The zero-order chi connectivity index (χ0) is 21.2. The summed E-state index contributed by atoms with van der Waals surface area (Å²) in [4.78, 5) is 29.1. The van der Waals surface area contributed by atoms with Gasteiger partial charge in [-0.15, -0.1) is 0 Å². The van der Waals surface area contributed by atoms with Gasteiger partial charge in [0.15, 0.2) is 0 Å². The Morgan fingerprint density at radius 2 is 1.86 bits per heavy atom. The van der Waals surface area contributed by atoms with Crippen LogP contribution in [-0.4, -0.2) is 42.6 Å². The Morgan fingerprint density at radius 3 is 2.48 bits per heavy atom. The highest BCUT2D eigenvalue weighted by Crippen LogP contribution is 2.33. The molecule has 2 aromatic rings. The van der Waals surface area contributed by atoms with Crippen molar-refractivity contribution in [3.63, 3.8) is 0 Å². The van der Waals surface area contributed by atoms with Gasteiger partial charge >= 0.3 is 6.03 Å². The van der Waals surface area contributed by atoms with Crippen LogP contribution in [0, 0.1) is 6.92 Å². The van der Waals surface area contributed by atoms with Crippen molar-refractivity contribution in [2.75, 3.05) is 20.8 Å². The summed E-state index contributed by atoms with van der Waals surface area (Å²) in [6.45, 7) is 4.53. The molecule has 0 spiro atoms. The van der Waals surface area contributed by atoms with Gasteiger partial charge < -0.3 is 10.1 Å². The molecule has 7 heteroatoms. The zero-order valence-corrected chi connectivity index (χ0v) is 17.9. The highest BCUT2D eigenvalue weighted by Gasteiger charge is 2.51. The van der Waals surface area contributed by atoms with E-state index in [1.807, 2.05) is 56.1 Å². The molecule has 6 nitrogen and oxygen atoms in total. The van der Waals surface area contributed by atoms with E-state index in [0.717, 1.165) is 16.7 Å². The molecular weight excluding hydrogens is 390 g/mol. The number of nitrogens with one attached hydrogen (secondary N) is 1. The van der Waals surface area contributed by atoms with Crippen molar-refractivity contribution in [2.45, 2.75) is 32.4 Å². The second-order valence-corrected chi connectivity index (χ2v) is 7.84. The molecule has 3 amide bonds. The number of nitrogens with zero attached hydrogens (tertiary/aromatic N) is 2. The molecule has 1 heterocycles. The van der Waals surface area contributed by atoms with Gasteiger partial charge in [0, 0.05) is 17.1 Å². The second kappa shape index (κ2) is 8.43. The third-order valence-corrected chi connectivity index (χ3v) is 5.55. The van der Waals surface area contributed by atoms with Crippen molar-refractivity contribution in [1.29, 1.82) is 0 Å². The first kappa shape index (κ1) is 21.1. The molecule has 0 aliphatic carbocycles. The van der Waals surface area contributed by atoms with E-state index in [4.69, 9.17) is 16.3 Å². The number of halogens is 1. The molecule has 0 aromatic heterocycles. The number of amides is 3. The molecule has 1 fully saturated rings. The SMILES string of the molecule is CC[C@@]1(c2ccc(C)cc2)NC(=O)N(CN(C)Cc2cc(Cl)ccc2OC)C1=O. The zero-order valence-electron chi connectivity index (χ0n) is 17.2. The van der Waals surface area contributed by atoms with Crippen LogP contribution in [0.5, 0.6) is 5.75 Å². The molecule has 2 aromatic carbocycles. The maximum atomic E-state index is 13.3. The molecule has 1 aliphatic heterocycles. The summed E-state index contributed by atoms with van der Waals surface area (Å²) in [6, 6.07) is 12.7. The molecule has 1 saturated heterocycles. The van der Waals surface area contributed by atoms with E-state index < -0.39 is 5.54 Å². The average Bonchev–Trinajstić information content (AvgIpc) is 2.94. The largest absolute Gasteiger partial charge is 0.496 e. The van der Waals surface area contributed by atoms with Gasteiger partial charge in [0.25, 0.3) is 5.91 Å². The number of aryl methyl sites for hydroxylation is 1. The smallest absolute Gasteiger partial charge is 0.326 e. The average molecular weight is 416 g/mol. The van der Waals surface area contributed by atoms with Crippen molar-refractivity contribution in [3.05, 3.63) is 64.2 Å². The van der Waals surface area contributed by atoms with Crippen LogP contribution in [0.4, 0.5) is 4.79 Å². The lowest BCUT2D eigenvalue weighted by atomic mass is 9.87. The van der Waals surface area contributed by atoms with Gasteiger partial charge in [-0.1, -0.05) is 48.4 Å². The lowest BCUT2D eigenvalue weighted by Gasteiger charge is -2.27. The molecule has 0 saturated carbocycles. The maximum Gasteiger partial charge on any atom is 0.326 e. The fourth-order valence-electron chi connectivity index (χ4n) is 3.68. The first-order chi connectivity index (χ1) is 13.8. The number of hydrogen-bond donors (Lipinski definition) is 1. The summed E-state index contributed by atoms with van der Waals surface area (Å²) in [5.41, 5.74) is 1.75. The van der Waals surface area contributed by atoms with E-state index in [1.54, 1.807) is 19.2 Å². The van der Waals surface area contributed by atoms with Crippen molar-refractivity contribution in [2.24, 2.45) is 0 Å². The molecule has 1 aliphatic rings. The summed E-state index contributed by atoms with van der Waals surface area (Å²) < 4.78 is 5.39. The Morgan fingerprint density at radius 1 is 1.17 bits per heavy atom. The highest BCUT2D eigenvalue weighted by molar-refractivity contribution is 6.30. The predicted molar refractivity (Wildman–Crippen MR) is 113 cm³/mol. The van der Waals surface area contributed by atoms with Crippen LogP contribution in [0.3, 0.4) is 0 Å². The number of ether oxygens (including phenoxy) is 1. The highest BCUT2D eigenvalue weighted by atomic mass is 35.5. The normalized spacial score (nSPS) is 19.0. The Balaban J connectivity index is 1.79. The monoisotopic (exact) mass is 415 g/mol. The summed E-state index contributed by atoms with van der Waals surface area (Å²) in [6.07, 6.45) is 0.475. The van der Waals surface area contributed by atoms with Crippen LogP contribution in [0.2, 0.25) is 5.02 Å². The van der Waals surface area contributed by atoms with Crippen molar-refractivity contribution in [3.8, 4) is 5.75 Å². The number of imide groups is 1. The number of carbonyl (C=O) groups excluding carboxylic acids is 2. The fraction of sp³-hybridized carbons (Fsp3) is 0.364. The first-order valence-corrected chi connectivity index (χ1v) is 9.90. The van der Waals surface area contributed by atoms with Gasteiger partial charge in [-0.05, 0) is 44.2 Å². The summed E-state index contributed by atoms with van der Waals surface area (Å²) in [5.74, 6) is 0.472. The molecular formula is C22H26ClN3O3. The molecule has 0 unspecified atom stereocenters. The maximum absolute atomic E-state index is 13.3. The molecule has 1 N–H and O–H groups in total. The van der Waals surface area contributed by atoms with Gasteiger partial charge in [0.2, 0.25) is 0 Å². The van der Waals surface area contributed by atoms with Crippen LogP contribution >= 0.6 is 11.6 Å². The van der Waals surface area contributed by atoms with E-state index >= 15 is 0 Å². The quantitative estimate of drug-likeness (QED) is 0.696. The van der Waals surface area contributed by atoms with Crippen molar-refractivity contribution < 1.29 is 14.3 Å². The third kappa shape index (κ3) is 4.09. The first-order valence-electron chi connectivity index (χ1n) is 9.53. The predicted octanol–water partition coefficient (Wildman–Crippen LogP) is 3.90. The second-order valence-electron chi connectivity index (χ2n) is 7.40. The number of carbonyl (C=O) groups is 2. The molecule has 29 heavy (non-hydrogen) atoms. The topological polar surface area (TPSA) is 61.9 Å². The standard InChI is InChI=1S/C22H26ClN3O3/c1-5-22(17-8-6-15(2)7-9-17)20(27)26(21(28)24-22)14-25(3)13-16-12-18(23)10-11-19(16)29-4/h6-12H,5,13-14H2,1-4H3,(H,24,28)/t22-/m0/s1. The number of hydrogen-bond acceptors (Lipinski definition) is 4. The number of rotatable bonds is 7. The Labute approximate surface area is 176 Å². The Bertz CT molecular complexity index is 916. The Hall–Kier alpha value is -2.57. The minimum atomic E-state index is -1.03. The lowest BCUT2D eigenvalue weighted by Crippen LogP contribution is -2.44. The van der Waals surface area contributed by atoms with Gasteiger partial charge in [-0.2, -0.15) is 0 Å². The van der Waals surface area contributed by atoms with Crippen LogP contribution in [0.1, 0.15) is 30.0 Å². The minimum absolute atomic E-state index is 0.161. The number of benzene rings is 2. The Kier molecular flexibility index (Phi) is 6.15. The molecule has 154 valence electrons. The van der Waals surface area contributed by atoms with Gasteiger partial charge in [-0.3, -0.25) is 9.69 Å². The van der Waals surface area contributed by atoms with Gasteiger partial charge in [0.05, 0.1) is 13.8 Å². The molecule has 1 atom stereocenters. The van der Waals surface area contributed by atoms with Crippen LogP contribution in [0.25, 0.3) is 0 Å². The summed E-state index contributed by atoms with van der Waals surface area (Å²) >= 11 is 6.11. The van der Waals surface area contributed by atoms with Crippen LogP contribution < -0.4 is 10.1 Å². The van der Waals surface area contributed by atoms with Crippen molar-refractivity contribution in [1.82, 2.24) is 15.1 Å². The van der Waals surface area contributed by atoms with Crippen molar-refractivity contribution >= 4 is 23.5 Å². The fourth-order valence-corrected chi connectivity index (χ4v) is 3.88. The molecule has 0 bridgehead atoms. The molecule has 3 rings (SSSR count). The van der Waals surface area contributed by atoms with E-state index in [2.05, 4.69) is 5.32 Å². The van der Waals surface area contributed by atoms with Gasteiger partial charge in [-0.25, -0.2) is 9.69 Å². The van der Waals surface area contributed by atoms with E-state index in [9.17, 15) is 9.59 Å². The number of urea groups is 1. The molecule has 0 radical (unpaired) electrons.